The van der Waals surface area contributed by atoms with Crippen molar-refractivity contribution < 1.29 is 9.53 Å². The van der Waals surface area contributed by atoms with Crippen LogP contribution in [0.15, 0.2) is 60.2 Å². The molecule has 2 aromatic rings. The molecule has 3 rings (SSSR count). The molecule has 3 nitrogen and oxygen atoms in total. The maximum atomic E-state index is 13.2. The summed E-state index contributed by atoms with van der Waals surface area (Å²) in [7, 11) is 1.66. The third-order valence-corrected chi connectivity index (χ3v) is 5.48. The summed E-state index contributed by atoms with van der Waals surface area (Å²) in [5.74, 6) is 1.04. The third kappa shape index (κ3) is 5.72. The van der Waals surface area contributed by atoms with Crippen LogP contribution in [0.2, 0.25) is 0 Å². The van der Waals surface area contributed by atoms with Gasteiger partial charge in [-0.05, 0) is 43.0 Å². The zero-order valence-corrected chi connectivity index (χ0v) is 17.1. The summed E-state index contributed by atoms with van der Waals surface area (Å²) in [6.45, 7) is 2.83. The largest absolute Gasteiger partial charge is 0.497 e. The fourth-order valence-electron chi connectivity index (χ4n) is 3.98. The molecule has 1 aliphatic carbocycles. The minimum absolute atomic E-state index is 0.220. The molecule has 148 valence electrons. The van der Waals surface area contributed by atoms with E-state index >= 15 is 0 Å². The lowest BCUT2D eigenvalue weighted by molar-refractivity contribution is -0.132. The van der Waals surface area contributed by atoms with Crippen molar-refractivity contribution in [3.8, 4) is 5.75 Å². The van der Waals surface area contributed by atoms with Gasteiger partial charge < -0.3 is 9.64 Å². The normalized spacial score (nSPS) is 15.3. The first kappa shape index (κ1) is 20.2. The van der Waals surface area contributed by atoms with Crippen LogP contribution in [0.3, 0.4) is 0 Å². The maximum Gasteiger partial charge on any atom is 0.227 e. The van der Waals surface area contributed by atoms with Crippen molar-refractivity contribution in [3.63, 3.8) is 0 Å². The van der Waals surface area contributed by atoms with E-state index in [2.05, 4.69) is 30.0 Å². The highest BCUT2D eigenvalue weighted by atomic mass is 16.5. The van der Waals surface area contributed by atoms with Gasteiger partial charge >= 0.3 is 0 Å². The fraction of sp³-hybridized carbons (Fsp3) is 0.400. The molecule has 0 N–H and O–H groups in total. The lowest BCUT2D eigenvalue weighted by atomic mass is 9.93. The van der Waals surface area contributed by atoms with Gasteiger partial charge in [-0.2, -0.15) is 0 Å². The van der Waals surface area contributed by atoms with Crippen LogP contribution >= 0.6 is 0 Å². The second kappa shape index (κ2) is 10.1. The predicted octanol–water partition coefficient (Wildman–Crippen LogP) is 5.50. The number of carbonyl (C=O) groups excluding carboxylic acids is 1. The lowest BCUT2D eigenvalue weighted by Crippen LogP contribution is -2.43. The van der Waals surface area contributed by atoms with Crippen LogP contribution in [-0.4, -0.2) is 30.5 Å². The third-order valence-electron chi connectivity index (χ3n) is 5.48. The smallest absolute Gasteiger partial charge is 0.227 e. The Morgan fingerprint density at radius 1 is 1.04 bits per heavy atom. The molecule has 3 heteroatoms. The predicted molar refractivity (Wildman–Crippen MR) is 115 cm³/mol. The lowest BCUT2D eigenvalue weighted by Gasteiger charge is -2.35. The molecular formula is C25H31NO2. The van der Waals surface area contributed by atoms with Crippen molar-refractivity contribution in [2.24, 2.45) is 0 Å². The Hall–Kier alpha value is -2.55. The molecule has 1 amide bonds. The standard InChI is InChI=1S/C25H31NO2/c1-20(17-21-9-5-3-6-10-21)19-26(23-11-7-4-8-12-23)25(27)18-22-13-15-24(28-2)16-14-22/h3,5-6,9-10,13-17,23H,4,7-8,11-12,18-19H2,1-2H3/b20-17+. The summed E-state index contributed by atoms with van der Waals surface area (Å²) in [5.41, 5.74) is 3.45. The van der Waals surface area contributed by atoms with Gasteiger partial charge in [-0.15, -0.1) is 0 Å². The molecule has 1 saturated carbocycles. The first-order valence-corrected chi connectivity index (χ1v) is 10.3. The summed E-state index contributed by atoms with van der Waals surface area (Å²) in [5, 5.41) is 0. The molecule has 0 aromatic heterocycles. The first-order valence-electron chi connectivity index (χ1n) is 10.3. The van der Waals surface area contributed by atoms with E-state index in [1.807, 2.05) is 42.5 Å². The van der Waals surface area contributed by atoms with Crippen molar-refractivity contribution in [2.45, 2.75) is 51.5 Å². The number of rotatable bonds is 7. The fourth-order valence-corrected chi connectivity index (χ4v) is 3.98. The molecule has 0 heterocycles. The van der Waals surface area contributed by atoms with Crippen LogP contribution in [0.5, 0.6) is 5.75 Å². The molecule has 0 atom stereocenters. The van der Waals surface area contributed by atoms with Crippen molar-refractivity contribution in [1.82, 2.24) is 4.90 Å². The highest BCUT2D eigenvalue weighted by molar-refractivity contribution is 5.79. The number of nitrogens with zero attached hydrogens (tertiary/aromatic N) is 1. The Morgan fingerprint density at radius 2 is 1.71 bits per heavy atom. The minimum Gasteiger partial charge on any atom is -0.497 e. The highest BCUT2D eigenvalue weighted by Crippen LogP contribution is 2.25. The molecule has 2 aromatic carbocycles. The van der Waals surface area contributed by atoms with Crippen molar-refractivity contribution in [3.05, 3.63) is 71.3 Å². The quantitative estimate of drug-likeness (QED) is 0.637. The van der Waals surface area contributed by atoms with Crippen LogP contribution in [-0.2, 0) is 11.2 Å². The van der Waals surface area contributed by atoms with Gasteiger partial charge in [-0.3, -0.25) is 4.79 Å². The van der Waals surface area contributed by atoms with Gasteiger partial charge in [0.05, 0.1) is 13.5 Å². The van der Waals surface area contributed by atoms with E-state index in [0.29, 0.717) is 19.0 Å². The number of hydrogen-bond acceptors (Lipinski definition) is 2. The molecule has 0 spiro atoms. The first-order chi connectivity index (χ1) is 13.7. The highest BCUT2D eigenvalue weighted by Gasteiger charge is 2.25. The number of carbonyl (C=O) groups is 1. The zero-order chi connectivity index (χ0) is 19.8. The van der Waals surface area contributed by atoms with Crippen LogP contribution in [0, 0.1) is 0 Å². The topological polar surface area (TPSA) is 29.5 Å². The van der Waals surface area contributed by atoms with E-state index in [-0.39, 0.29) is 5.91 Å². The van der Waals surface area contributed by atoms with Crippen LogP contribution in [0.25, 0.3) is 6.08 Å². The number of amides is 1. The Kier molecular flexibility index (Phi) is 7.30. The molecule has 0 saturated heterocycles. The molecule has 1 aliphatic rings. The van der Waals surface area contributed by atoms with Crippen molar-refractivity contribution >= 4 is 12.0 Å². The van der Waals surface area contributed by atoms with E-state index in [9.17, 15) is 4.79 Å². The number of benzene rings is 2. The van der Waals surface area contributed by atoms with Crippen molar-refractivity contribution in [2.75, 3.05) is 13.7 Å². The van der Waals surface area contributed by atoms with Gasteiger partial charge in [-0.25, -0.2) is 0 Å². The second-order valence-corrected chi connectivity index (χ2v) is 7.74. The van der Waals surface area contributed by atoms with Gasteiger partial charge in [0.1, 0.15) is 5.75 Å². The van der Waals surface area contributed by atoms with Gasteiger partial charge in [-0.1, -0.05) is 73.4 Å². The average Bonchev–Trinajstić information content (AvgIpc) is 2.74. The Balaban J connectivity index is 1.73. The number of methoxy groups -OCH3 is 1. The zero-order valence-electron chi connectivity index (χ0n) is 17.1. The van der Waals surface area contributed by atoms with Gasteiger partial charge in [0.15, 0.2) is 0 Å². The van der Waals surface area contributed by atoms with E-state index < -0.39 is 0 Å². The SMILES string of the molecule is COc1ccc(CC(=O)N(C/C(C)=C/c2ccccc2)C2CCCCC2)cc1. The van der Waals surface area contributed by atoms with E-state index in [4.69, 9.17) is 4.74 Å². The molecule has 0 unspecified atom stereocenters. The number of hydrogen-bond donors (Lipinski definition) is 0. The number of ether oxygens (including phenoxy) is 1. The van der Waals surface area contributed by atoms with E-state index in [0.717, 1.165) is 24.2 Å². The average molecular weight is 378 g/mol. The molecule has 0 aliphatic heterocycles. The molecule has 28 heavy (non-hydrogen) atoms. The van der Waals surface area contributed by atoms with Crippen molar-refractivity contribution in [1.29, 1.82) is 0 Å². The monoisotopic (exact) mass is 377 g/mol. The summed E-state index contributed by atoms with van der Waals surface area (Å²) in [6, 6.07) is 18.5. The Bertz CT molecular complexity index is 774. The van der Waals surface area contributed by atoms with Gasteiger partial charge in [0, 0.05) is 12.6 Å². The minimum atomic E-state index is 0.220. The summed E-state index contributed by atoms with van der Waals surface area (Å²) in [6.07, 6.45) is 8.60. The molecule has 0 radical (unpaired) electrons. The molecular weight excluding hydrogens is 346 g/mol. The van der Waals surface area contributed by atoms with Crippen LogP contribution < -0.4 is 4.74 Å². The van der Waals surface area contributed by atoms with E-state index in [1.165, 1.54) is 30.4 Å². The van der Waals surface area contributed by atoms with Gasteiger partial charge in [0.2, 0.25) is 5.91 Å². The molecule has 1 fully saturated rings. The van der Waals surface area contributed by atoms with Crippen LogP contribution in [0.4, 0.5) is 0 Å². The van der Waals surface area contributed by atoms with E-state index in [1.54, 1.807) is 7.11 Å². The van der Waals surface area contributed by atoms with Gasteiger partial charge in [0.25, 0.3) is 0 Å². The Morgan fingerprint density at radius 3 is 2.36 bits per heavy atom. The second-order valence-electron chi connectivity index (χ2n) is 7.74. The summed E-state index contributed by atoms with van der Waals surface area (Å²) < 4.78 is 5.22. The summed E-state index contributed by atoms with van der Waals surface area (Å²) >= 11 is 0. The maximum absolute atomic E-state index is 13.2. The van der Waals surface area contributed by atoms with Crippen LogP contribution in [0.1, 0.15) is 50.2 Å². The summed E-state index contributed by atoms with van der Waals surface area (Å²) in [4.78, 5) is 15.3. The Labute approximate surface area is 169 Å². The molecule has 0 bridgehead atoms.